The van der Waals surface area contributed by atoms with E-state index >= 15 is 0 Å². The van der Waals surface area contributed by atoms with E-state index in [2.05, 4.69) is 11.8 Å². The Bertz CT molecular complexity index is 1290. The summed E-state index contributed by atoms with van der Waals surface area (Å²) in [6.45, 7) is 5.55. The number of halogens is 2. The topological polar surface area (TPSA) is 55.8 Å². The van der Waals surface area contributed by atoms with Crippen molar-refractivity contribution in [2.75, 3.05) is 13.2 Å². The summed E-state index contributed by atoms with van der Waals surface area (Å²) in [5.41, 5.74) is 5.38. The van der Waals surface area contributed by atoms with Crippen LogP contribution in [0.25, 0.3) is 0 Å². The fourth-order valence-corrected chi connectivity index (χ4v) is 6.47. The number of ketones is 2. The largest absolute Gasteiger partial charge is 0.490 e. The second-order valence-electron chi connectivity index (χ2n) is 10.0. The number of carbonyl (C=O) groups is 2. The average molecular weight is 555 g/mol. The lowest BCUT2D eigenvalue weighted by Gasteiger charge is -2.44. The average Bonchev–Trinajstić information content (AvgIpc) is 2.89. The minimum Gasteiger partial charge on any atom is -0.490 e. The van der Waals surface area contributed by atoms with Gasteiger partial charge in [-0.2, -0.15) is 0 Å². The van der Waals surface area contributed by atoms with Crippen molar-refractivity contribution in [3.63, 3.8) is 0 Å². The molecule has 2 aromatic carbocycles. The number of hydrogen-bond donors (Lipinski definition) is 0. The Hall–Kier alpha value is -2.76. The van der Waals surface area contributed by atoms with Gasteiger partial charge >= 0.3 is 0 Å². The molecule has 0 N–H and O–H groups in total. The summed E-state index contributed by atoms with van der Waals surface area (Å²) in [6, 6.07) is 11.2. The van der Waals surface area contributed by atoms with E-state index in [0.717, 1.165) is 72.3 Å². The Morgan fingerprint density at radius 3 is 2.18 bits per heavy atom. The van der Waals surface area contributed by atoms with Gasteiger partial charge in [-0.25, -0.2) is 0 Å². The zero-order chi connectivity index (χ0) is 26.8. The van der Waals surface area contributed by atoms with Crippen LogP contribution in [-0.4, -0.2) is 29.6 Å². The van der Waals surface area contributed by atoms with Crippen LogP contribution in [0, 0.1) is 0 Å². The summed E-state index contributed by atoms with van der Waals surface area (Å²) in [5.74, 6) is 0.750. The van der Waals surface area contributed by atoms with Crippen molar-refractivity contribution < 1.29 is 19.1 Å². The fourth-order valence-electron chi connectivity index (χ4n) is 5.98. The number of rotatable bonds is 8. The van der Waals surface area contributed by atoms with Crippen LogP contribution in [0.5, 0.6) is 11.5 Å². The second-order valence-corrected chi connectivity index (χ2v) is 10.9. The third-order valence-electron chi connectivity index (χ3n) is 7.47. The normalized spacial score (nSPS) is 18.1. The van der Waals surface area contributed by atoms with E-state index < -0.39 is 5.92 Å². The highest BCUT2D eigenvalue weighted by molar-refractivity contribution is 6.32. The number of nitrogens with zero attached hydrogens (tertiary/aromatic N) is 1. The van der Waals surface area contributed by atoms with Crippen molar-refractivity contribution in [3.8, 4) is 11.5 Å². The smallest absolute Gasteiger partial charge is 0.180 e. The summed E-state index contributed by atoms with van der Waals surface area (Å²) < 4.78 is 12.1. The zero-order valence-electron chi connectivity index (χ0n) is 21.9. The molecule has 0 aromatic heterocycles. The molecule has 2 aromatic rings. The van der Waals surface area contributed by atoms with Crippen molar-refractivity contribution in [3.05, 3.63) is 80.1 Å². The fraction of sp³-hybridized carbons (Fsp3) is 0.419. The molecule has 3 aliphatic rings. The molecular weight excluding hydrogens is 521 g/mol. The van der Waals surface area contributed by atoms with Gasteiger partial charge in [0.05, 0.1) is 11.6 Å². The monoisotopic (exact) mass is 553 g/mol. The maximum Gasteiger partial charge on any atom is 0.180 e. The lowest BCUT2D eigenvalue weighted by molar-refractivity contribution is -0.117. The van der Waals surface area contributed by atoms with Crippen LogP contribution in [0.1, 0.15) is 75.8 Å². The molecule has 38 heavy (non-hydrogen) atoms. The summed E-state index contributed by atoms with van der Waals surface area (Å²) >= 11 is 13.0. The van der Waals surface area contributed by atoms with Crippen molar-refractivity contribution in [1.29, 1.82) is 0 Å². The highest BCUT2D eigenvalue weighted by Gasteiger charge is 2.43. The number of hydrogen-bond acceptors (Lipinski definition) is 5. The van der Waals surface area contributed by atoms with Crippen LogP contribution in [-0.2, 0) is 16.2 Å². The van der Waals surface area contributed by atoms with E-state index in [1.54, 1.807) is 0 Å². The minimum atomic E-state index is -0.438. The van der Waals surface area contributed by atoms with E-state index in [1.807, 2.05) is 43.3 Å². The van der Waals surface area contributed by atoms with Crippen molar-refractivity contribution >= 4 is 34.8 Å². The summed E-state index contributed by atoms with van der Waals surface area (Å²) in [5, 5.41) is 1.02. The van der Waals surface area contributed by atoms with Crippen molar-refractivity contribution in [2.45, 2.75) is 71.3 Å². The van der Waals surface area contributed by atoms with Crippen molar-refractivity contribution in [1.82, 2.24) is 4.90 Å². The first-order valence-corrected chi connectivity index (χ1v) is 14.3. The molecule has 0 unspecified atom stereocenters. The van der Waals surface area contributed by atoms with Crippen LogP contribution in [0.3, 0.4) is 0 Å². The maximum absolute atomic E-state index is 13.5. The van der Waals surface area contributed by atoms with Gasteiger partial charge in [0, 0.05) is 52.9 Å². The van der Waals surface area contributed by atoms with Gasteiger partial charge in [-0.15, -0.1) is 0 Å². The Balaban J connectivity index is 1.61. The highest BCUT2D eigenvalue weighted by Crippen LogP contribution is 2.51. The van der Waals surface area contributed by atoms with E-state index in [0.29, 0.717) is 41.0 Å². The van der Waals surface area contributed by atoms with Crippen LogP contribution in [0.15, 0.2) is 58.9 Å². The molecule has 0 bridgehead atoms. The maximum atomic E-state index is 13.5. The Morgan fingerprint density at radius 1 is 0.895 bits per heavy atom. The predicted molar refractivity (Wildman–Crippen MR) is 150 cm³/mol. The molecule has 0 atom stereocenters. The highest BCUT2D eigenvalue weighted by atomic mass is 35.5. The molecule has 1 heterocycles. The number of ether oxygens (including phenoxy) is 2. The Kier molecular flexibility index (Phi) is 8.15. The molecule has 5 nitrogen and oxygen atoms in total. The molecule has 0 spiro atoms. The molecule has 2 aliphatic carbocycles. The molecule has 5 rings (SSSR count). The summed E-state index contributed by atoms with van der Waals surface area (Å²) in [4.78, 5) is 29.2. The van der Waals surface area contributed by atoms with E-state index in [-0.39, 0.29) is 18.2 Å². The number of carbonyl (C=O) groups excluding carboxylic acids is 2. The van der Waals surface area contributed by atoms with Gasteiger partial charge in [0.2, 0.25) is 0 Å². The number of benzene rings is 2. The van der Waals surface area contributed by atoms with E-state index in [1.165, 1.54) is 0 Å². The standard InChI is InChI=1S/C31H33Cl2NO4/c1-3-14-34-23-10-6-12-25(35)29(23)28(30-24(34)11-7-13-26(30)36)20-16-22(33)31(27(17-20)37-4-2)38-18-19-8-5-9-21(32)15-19/h5,8-9,15-17,28H,3-4,6-7,10-14,18H2,1-2H3. The van der Waals surface area contributed by atoms with Gasteiger partial charge in [-0.05, 0) is 74.4 Å². The van der Waals surface area contributed by atoms with E-state index in [9.17, 15) is 9.59 Å². The first-order chi connectivity index (χ1) is 18.4. The molecule has 0 radical (unpaired) electrons. The van der Waals surface area contributed by atoms with Crippen LogP contribution >= 0.6 is 23.2 Å². The summed E-state index contributed by atoms with van der Waals surface area (Å²) in [7, 11) is 0. The second kappa shape index (κ2) is 11.5. The Morgan fingerprint density at radius 2 is 1.58 bits per heavy atom. The predicted octanol–water partition coefficient (Wildman–Crippen LogP) is 7.79. The molecule has 7 heteroatoms. The lowest BCUT2D eigenvalue weighted by Crippen LogP contribution is -2.39. The van der Waals surface area contributed by atoms with Gasteiger partial charge in [0.15, 0.2) is 23.1 Å². The van der Waals surface area contributed by atoms with Crippen molar-refractivity contribution in [2.24, 2.45) is 0 Å². The first kappa shape index (κ1) is 26.8. The van der Waals surface area contributed by atoms with Gasteiger partial charge < -0.3 is 14.4 Å². The lowest BCUT2D eigenvalue weighted by atomic mass is 9.71. The van der Waals surface area contributed by atoms with Crippen LogP contribution in [0.2, 0.25) is 10.0 Å². The molecule has 0 saturated carbocycles. The number of allylic oxidation sites excluding steroid dienone is 4. The van der Waals surface area contributed by atoms with Gasteiger partial charge in [-0.3, -0.25) is 9.59 Å². The molecule has 0 amide bonds. The quantitative estimate of drug-likeness (QED) is 0.333. The molecule has 1 aliphatic heterocycles. The summed E-state index contributed by atoms with van der Waals surface area (Å²) in [6.07, 6.45) is 5.30. The van der Waals surface area contributed by atoms with E-state index in [4.69, 9.17) is 32.7 Å². The minimum absolute atomic E-state index is 0.123. The molecule has 0 saturated heterocycles. The zero-order valence-corrected chi connectivity index (χ0v) is 23.5. The third kappa shape index (κ3) is 5.11. The first-order valence-electron chi connectivity index (χ1n) is 13.6. The van der Waals surface area contributed by atoms with Crippen LogP contribution in [0.4, 0.5) is 0 Å². The Labute approximate surface area is 234 Å². The number of Topliss-reactive ketones (excluding diaryl/α,β-unsaturated/α-hetero) is 2. The molecule has 200 valence electrons. The molecular formula is C31H33Cl2NO4. The SMILES string of the molecule is CCCN1C2=C(C(=O)CCC2)C(c2cc(Cl)c(OCc3cccc(Cl)c3)c(OCC)c2)C2=C1CCCC2=O. The van der Waals surface area contributed by atoms with Gasteiger partial charge in [-0.1, -0.05) is 42.3 Å². The third-order valence-corrected chi connectivity index (χ3v) is 7.99. The van der Waals surface area contributed by atoms with Gasteiger partial charge in [0.1, 0.15) is 6.61 Å². The van der Waals surface area contributed by atoms with Gasteiger partial charge in [0.25, 0.3) is 0 Å². The van der Waals surface area contributed by atoms with Crippen LogP contribution < -0.4 is 9.47 Å². The molecule has 0 fully saturated rings.